The molecule has 9 heteroatoms. The second-order valence-electron chi connectivity index (χ2n) is 9.35. The Balaban J connectivity index is 1.67. The van der Waals surface area contributed by atoms with Crippen LogP contribution in [0, 0.1) is 0 Å². The highest BCUT2D eigenvalue weighted by atomic mass is 32.1. The number of Topliss-reactive ketones (excluding diaryl/α,β-unsaturated/α-hetero) is 1. The lowest BCUT2D eigenvalue weighted by molar-refractivity contribution is -0.132. The number of ketones is 1. The van der Waals surface area contributed by atoms with Crippen molar-refractivity contribution in [3.63, 3.8) is 0 Å². The molecule has 1 aliphatic heterocycles. The summed E-state index contributed by atoms with van der Waals surface area (Å²) in [6, 6.07) is 13.4. The van der Waals surface area contributed by atoms with Crippen LogP contribution in [0.5, 0.6) is 11.5 Å². The fraction of sp³-hybridized carbons (Fsp3) is 0.267. The van der Waals surface area contributed by atoms with Gasteiger partial charge in [0, 0.05) is 18.0 Å². The van der Waals surface area contributed by atoms with Gasteiger partial charge in [-0.2, -0.15) is 0 Å². The number of hydrogen-bond acceptors (Lipinski definition) is 8. The standard InChI is InChI=1S/C30H29N3O5S/c1-5-37-20-10-11-22-24(15-20)39-30(32-22)33-26(19-8-7-13-31-16-19)25(28(35)29(33)36)27(34)18-9-12-23(38-6-2)21(14-18)17(3)4/h7-17,26,34H,5-6H2,1-4H3/b27-25+. The second kappa shape index (κ2) is 10.9. The Kier molecular flexibility index (Phi) is 7.34. The number of aromatic nitrogens is 2. The van der Waals surface area contributed by atoms with Crippen LogP contribution in [0.1, 0.15) is 56.3 Å². The Morgan fingerprint density at radius 3 is 2.56 bits per heavy atom. The lowest BCUT2D eigenvalue weighted by atomic mass is 9.94. The number of aliphatic hydroxyl groups excluding tert-OH is 1. The van der Waals surface area contributed by atoms with Crippen LogP contribution in [-0.4, -0.2) is 40.0 Å². The van der Waals surface area contributed by atoms with Crippen LogP contribution >= 0.6 is 11.3 Å². The fourth-order valence-electron chi connectivity index (χ4n) is 4.72. The van der Waals surface area contributed by atoms with Crippen molar-refractivity contribution in [2.45, 2.75) is 39.7 Å². The summed E-state index contributed by atoms with van der Waals surface area (Å²) < 4.78 is 12.2. The number of hydrogen-bond donors (Lipinski definition) is 1. The average Bonchev–Trinajstić information content (AvgIpc) is 3.47. The van der Waals surface area contributed by atoms with E-state index < -0.39 is 17.7 Å². The number of thiazole rings is 1. The lowest BCUT2D eigenvalue weighted by Gasteiger charge is -2.22. The van der Waals surface area contributed by atoms with Gasteiger partial charge in [0.1, 0.15) is 17.3 Å². The molecule has 4 aromatic rings. The zero-order valence-corrected chi connectivity index (χ0v) is 23.0. The average molecular weight is 544 g/mol. The van der Waals surface area contributed by atoms with Gasteiger partial charge in [-0.25, -0.2) is 4.98 Å². The molecule has 8 nitrogen and oxygen atoms in total. The first-order chi connectivity index (χ1) is 18.8. The Morgan fingerprint density at radius 1 is 1.08 bits per heavy atom. The predicted octanol–water partition coefficient (Wildman–Crippen LogP) is 6.24. The first kappa shape index (κ1) is 26.4. The Labute approximate surface area is 230 Å². The third-order valence-electron chi connectivity index (χ3n) is 6.52. The van der Waals surface area contributed by atoms with Gasteiger partial charge in [0.05, 0.1) is 35.0 Å². The molecular weight excluding hydrogens is 514 g/mol. The number of anilines is 1. The molecular formula is C30H29N3O5S. The highest BCUT2D eigenvalue weighted by Crippen LogP contribution is 2.45. The quantitative estimate of drug-likeness (QED) is 0.159. The summed E-state index contributed by atoms with van der Waals surface area (Å²) in [5.74, 6) is -0.272. The monoisotopic (exact) mass is 543 g/mol. The fourth-order valence-corrected chi connectivity index (χ4v) is 5.75. The van der Waals surface area contributed by atoms with Crippen LogP contribution in [0.15, 0.2) is 66.5 Å². The smallest absolute Gasteiger partial charge is 0.301 e. The molecule has 0 bridgehead atoms. The van der Waals surface area contributed by atoms with E-state index in [0.717, 1.165) is 10.3 Å². The second-order valence-corrected chi connectivity index (χ2v) is 10.4. The summed E-state index contributed by atoms with van der Waals surface area (Å²) in [7, 11) is 0. The maximum Gasteiger partial charge on any atom is 0.301 e. The zero-order valence-electron chi connectivity index (χ0n) is 22.2. The van der Waals surface area contributed by atoms with E-state index in [1.165, 1.54) is 16.2 Å². The van der Waals surface area contributed by atoms with Gasteiger partial charge in [-0.1, -0.05) is 31.3 Å². The number of rotatable bonds is 8. The Hall–Kier alpha value is -4.24. The SMILES string of the molecule is CCOc1ccc2nc(N3C(=O)C(=O)/C(=C(/O)c4ccc(OCC)c(C(C)C)c4)C3c3cccnc3)sc2c1. The highest BCUT2D eigenvalue weighted by Gasteiger charge is 2.48. The van der Waals surface area contributed by atoms with Gasteiger partial charge in [-0.05, 0) is 73.4 Å². The molecule has 1 atom stereocenters. The molecule has 3 heterocycles. The van der Waals surface area contributed by atoms with E-state index in [4.69, 9.17) is 9.47 Å². The molecule has 0 aliphatic carbocycles. The molecule has 39 heavy (non-hydrogen) atoms. The Morgan fingerprint density at radius 2 is 1.87 bits per heavy atom. The van der Waals surface area contributed by atoms with Crippen LogP contribution in [0.25, 0.3) is 16.0 Å². The van der Waals surface area contributed by atoms with E-state index in [0.29, 0.717) is 46.5 Å². The van der Waals surface area contributed by atoms with E-state index >= 15 is 0 Å². The number of amides is 1. The summed E-state index contributed by atoms with van der Waals surface area (Å²) in [6.07, 6.45) is 3.21. The molecule has 2 aromatic carbocycles. The highest BCUT2D eigenvalue weighted by molar-refractivity contribution is 7.22. The van der Waals surface area contributed by atoms with E-state index in [9.17, 15) is 14.7 Å². The first-order valence-electron chi connectivity index (χ1n) is 12.8. The normalized spacial score (nSPS) is 16.8. The number of fused-ring (bicyclic) bond motifs is 1. The third-order valence-corrected chi connectivity index (χ3v) is 7.53. The van der Waals surface area contributed by atoms with Crippen LogP contribution in [0.4, 0.5) is 5.13 Å². The van der Waals surface area contributed by atoms with Crippen molar-refractivity contribution in [2.24, 2.45) is 0 Å². The minimum atomic E-state index is -0.903. The number of pyridine rings is 1. The van der Waals surface area contributed by atoms with Crippen LogP contribution in [-0.2, 0) is 9.59 Å². The summed E-state index contributed by atoms with van der Waals surface area (Å²) in [5, 5.41) is 11.9. The van der Waals surface area contributed by atoms with Crippen LogP contribution in [0.3, 0.4) is 0 Å². The molecule has 1 amide bonds. The molecule has 0 radical (unpaired) electrons. The molecule has 1 aliphatic rings. The zero-order chi connectivity index (χ0) is 27.7. The molecule has 0 spiro atoms. The van der Waals surface area contributed by atoms with Crippen molar-refractivity contribution in [1.82, 2.24) is 9.97 Å². The van der Waals surface area contributed by atoms with Crippen molar-refractivity contribution in [3.05, 3.63) is 83.2 Å². The van der Waals surface area contributed by atoms with Crippen molar-refractivity contribution in [3.8, 4) is 11.5 Å². The molecule has 2 aromatic heterocycles. The van der Waals surface area contributed by atoms with Crippen LogP contribution in [0.2, 0.25) is 0 Å². The first-order valence-corrected chi connectivity index (χ1v) is 13.7. The number of carbonyl (C=O) groups is 2. The van der Waals surface area contributed by atoms with Gasteiger partial charge in [-0.3, -0.25) is 19.5 Å². The number of ether oxygens (including phenoxy) is 2. The van der Waals surface area contributed by atoms with Crippen molar-refractivity contribution in [2.75, 3.05) is 18.1 Å². The van der Waals surface area contributed by atoms with E-state index in [1.54, 1.807) is 36.7 Å². The summed E-state index contributed by atoms with van der Waals surface area (Å²) in [4.78, 5) is 37.3. The van der Waals surface area contributed by atoms with Gasteiger partial charge < -0.3 is 14.6 Å². The third kappa shape index (κ3) is 4.85. The van der Waals surface area contributed by atoms with Gasteiger partial charge in [0.15, 0.2) is 5.13 Å². The minimum absolute atomic E-state index is 0.0128. The van der Waals surface area contributed by atoms with E-state index in [2.05, 4.69) is 9.97 Å². The van der Waals surface area contributed by atoms with Gasteiger partial charge in [0.25, 0.3) is 5.78 Å². The summed E-state index contributed by atoms with van der Waals surface area (Å²) in [6.45, 7) is 8.90. The molecule has 1 fully saturated rings. The number of aliphatic hydroxyl groups is 1. The minimum Gasteiger partial charge on any atom is -0.507 e. The molecule has 1 saturated heterocycles. The van der Waals surface area contributed by atoms with Crippen molar-refractivity contribution >= 4 is 44.1 Å². The number of carbonyl (C=O) groups excluding carboxylic acids is 2. The molecule has 0 saturated carbocycles. The van der Waals surface area contributed by atoms with Gasteiger partial charge in [-0.15, -0.1) is 0 Å². The van der Waals surface area contributed by atoms with E-state index in [-0.39, 0.29) is 17.3 Å². The van der Waals surface area contributed by atoms with Gasteiger partial charge >= 0.3 is 5.91 Å². The Bertz CT molecular complexity index is 1580. The summed E-state index contributed by atoms with van der Waals surface area (Å²) in [5.41, 5.74) is 2.58. The number of benzene rings is 2. The van der Waals surface area contributed by atoms with E-state index in [1.807, 2.05) is 52.0 Å². The molecule has 200 valence electrons. The molecule has 1 unspecified atom stereocenters. The maximum atomic E-state index is 13.5. The lowest BCUT2D eigenvalue weighted by Crippen LogP contribution is -2.29. The molecule has 1 N–H and O–H groups in total. The van der Waals surface area contributed by atoms with Gasteiger partial charge in [0.2, 0.25) is 0 Å². The summed E-state index contributed by atoms with van der Waals surface area (Å²) >= 11 is 1.28. The number of nitrogens with zero attached hydrogens (tertiary/aromatic N) is 3. The van der Waals surface area contributed by atoms with Crippen LogP contribution < -0.4 is 14.4 Å². The molecule has 5 rings (SSSR count). The van der Waals surface area contributed by atoms with Crippen molar-refractivity contribution < 1.29 is 24.2 Å². The van der Waals surface area contributed by atoms with Crippen molar-refractivity contribution in [1.29, 1.82) is 0 Å². The largest absolute Gasteiger partial charge is 0.507 e. The topological polar surface area (TPSA) is 102 Å². The predicted molar refractivity (Wildman–Crippen MR) is 152 cm³/mol. The maximum absolute atomic E-state index is 13.5.